The predicted molar refractivity (Wildman–Crippen MR) is 130 cm³/mol. The van der Waals surface area contributed by atoms with Crippen molar-refractivity contribution in [3.63, 3.8) is 0 Å². The predicted octanol–water partition coefficient (Wildman–Crippen LogP) is 8.18. The Bertz CT molecular complexity index is 711. The van der Waals surface area contributed by atoms with Gasteiger partial charge in [0.15, 0.2) is 0 Å². The average Bonchev–Trinajstić information content (AvgIpc) is 3.11. The molecule has 0 aliphatic heterocycles. The smallest absolute Gasteiger partial charge is 0.438 e. The lowest BCUT2D eigenvalue weighted by molar-refractivity contribution is -0.0608. The van der Waals surface area contributed by atoms with Crippen LogP contribution in [0, 0.1) is 46.3 Å². The maximum absolute atomic E-state index is 11.6. The second kappa shape index (κ2) is 9.34. The van der Waals surface area contributed by atoms with Crippen molar-refractivity contribution in [1.29, 1.82) is 0 Å². The van der Waals surface area contributed by atoms with Gasteiger partial charge in [0.2, 0.25) is 0 Å². The van der Waals surface area contributed by atoms with Crippen molar-refractivity contribution < 1.29 is 14.3 Å². The molecule has 4 aliphatic carbocycles. The standard InChI is InChI=1S/C29H48O3/c1-19(2)8-7-9-20(3)24-12-13-25-23-11-10-21-18-22(32-27(30)31-6)14-16-28(21,4)26(23)15-17-29(24,25)5/h10,19-20,22-26H,7-9,11-18H2,1-6H3/t20-,22+,23-,24+,25-,26-,28-,29+/m0/s1. The molecule has 0 amide bonds. The summed E-state index contributed by atoms with van der Waals surface area (Å²) in [6.07, 6.45) is 16.2. The van der Waals surface area contributed by atoms with Gasteiger partial charge in [-0.1, -0.05) is 65.5 Å². The van der Waals surface area contributed by atoms with Crippen LogP contribution in [0.25, 0.3) is 0 Å². The number of methoxy groups -OCH3 is 1. The van der Waals surface area contributed by atoms with E-state index in [9.17, 15) is 4.79 Å². The number of ether oxygens (including phenoxy) is 2. The second-order valence-electron chi connectivity index (χ2n) is 12.7. The molecule has 3 nitrogen and oxygen atoms in total. The van der Waals surface area contributed by atoms with Gasteiger partial charge in [0.25, 0.3) is 0 Å². The summed E-state index contributed by atoms with van der Waals surface area (Å²) in [5, 5.41) is 0. The van der Waals surface area contributed by atoms with Gasteiger partial charge in [-0.3, -0.25) is 0 Å². The number of hydrogen-bond acceptors (Lipinski definition) is 3. The molecule has 0 spiro atoms. The summed E-state index contributed by atoms with van der Waals surface area (Å²) in [6, 6.07) is 0. The molecular formula is C29H48O3. The van der Waals surface area contributed by atoms with Gasteiger partial charge in [-0.15, -0.1) is 0 Å². The van der Waals surface area contributed by atoms with Crippen molar-refractivity contribution in [2.45, 2.75) is 111 Å². The summed E-state index contributed by atoms with van der Waals surface area (Å²) in [4.78, 5) is 11.6. The topological polar surface area (TPSA) is 35.5 Å². The number of carbonyl (C=O) groups excluding carboxylic acids is 1. The molecule has 3 saturated carbocycles. The summed E-state index contributed by atoms with van der Waals surface area (Å²) < 4.78 is 10.3. The van der Waals surface area contributed by atoms with Crippen LogP contribution in [0.5, 0.6) is 0 Å². The van der Waals surface area contributed by atoms with Crippen LogP contribution in [0.1, 0.15) is 105 Å². The van der Waals surface area contributed by atoms with Gasteiger partial charge in [-0.2, -0.15) is 0 Å². The first-order valence-corrected chi connectivity index (χ1v) is 13.6. The monoisotopic (exact) mass is 444 g/mol. The lowest BCUT2D eigenvalue weighted by Crippen LogP contribution is -2.51. The van der Waals surface area contributed by atoms with Crippen molar-refractivity contribution in [2.24, 2.45) is 46.3 Å². The van der Waals surface area contributed by atoms with E-state index in [2.05, 4.69) is 40.7 Å². The van der Waals surface area contributed by atoms with Crippen LogP contribution in [0.3, 0.4) is 0 Å². The van der Waals surface area contributed by atoms with Crippen LogP contribution in [0.4, 0.5) is 4.79 Å². The molecule has 8 atom stereocenters. The number of carbonyl (C=O) groups is 1. The third-order valence-electron chi connectivity index (χ3n) is 10.7. The van der Waals surface area contributed by atoms with E-state index >= 15 is 0 Å². The molecule has 3 heteroatoms. The Morgan fingerprint density at radius 2 is 1.84 bits per heavy atom. The number of allylic oxidation sites excluding steroid dienone is 1. The molecule has 0 unspecified atom stereocenters. The molecule has 32 heavy (non-hydrogen) atoms. The molecule has 0 heterocycles. The van der Waals surface area contributed by atoms with Gasteiger partial charge in [0, 0.05) is 6.42 Å². The van der Waals surface area contributed by atoms with Crippen LogP contribution in [-0.2, 0) is 9.47 Å². The maximum Gasteiger partial charge on any atom is 0.508 e. The van der Waals surface area contributed by atoms with E-state index in [1.54, 1.807) is 5.57 Å². The summed E-state index contributed by atoms with van der Waals surface area (Å²) in [6.45, 7) is 12.5. The van der Waals surface area contributed by atoms with Gasteiger partial charge >= 0.3 is 6.16 Å². The van der Waals surface area contributed by atoms with Crippen molar-refractivity contribution in [2.75, 3.05) is 7.11 Å². The largest absolute Gasteiger partial charge is 0.508 e. The van der Waals surface area contributed by atoms with Crippen LogP contribution in [-0.4, -0.2) is 19.4 Å². The zero-order valence-electron chi connectivity index (χ0n) is 21.6. The summed E-state index contributed by atoms with van der Waals surface area (Å²) in [5.41, 5.74) is 2.42. The molecule has 0 N–H and O–H groups in total. The van der Waals surface area contributed by atoms with Gasteiger partial charge in [0.1, 0.15) is 6.10 Å². The normalized spacial score (nSPS) is 41.8. The average molecular weight is 445 g/mol. The zero-order chi connectivity index (χ0) is 23.1. The number of rotatable bonds is 6. The van der Waals surface area contributed by atoms with E-state index < -0.39 is 6.16 Å². The van der Waals surface area contributed by atoms with E-state index in [4.69, 9.17) is 9.47 Å². The SMILES string of the molecule is COC(=O)O[C@@H]1CC[C@@]2(C)C(=CC[C@H]3[C@@H]4CC[C@H]([C@@H](C)CCCC(C)C)[C@@]4(C)CC[C@@H]32)C1. The highest BCUT2D eigenvalue weighted by Crippen LogP contribution is 2.67. The zero-order valence-corrected chi connectivity index (χ0v) is 21.6. The Balaban J connectivity index is 1.45. The number of fused-ring (bicyclic) bond motifs is 5. The van der Waals surface area contributed by atoms with E-state index in [0.29, 0.717) is 10.8 Å². The van der Waals surface area contributed by atoms with Gasteiger partial charge in [0.05, 0.1) is 7.11 Å². The molecule has 0 bridgehead atoms. The van der Waals surface area contributed by atoms with Crippen molar-refractivity contribution in [1.82, 2.24) is 0 Å². The molecule has 0 aromatic rings. The first kappa shape index (κ1) is 24.1. The molecular weight excluding hydrogens is 396 g/mol. The molecule has 182 valence electrons. The molecule has 3 fully saturated rings. The van der Waals surface area contributed by atoms with Crippen LogP contribution in [0.15, 0.2) is 11.6 Å². The highest BCUT2D eigenvalue weighted by Gasteiger charge is 2.59. The van der Waals surface area contributed by atoms with E-state index in [-0.39, 0.29) is 6.10 Å². The Kier molecular flexibility index (Phi) is 7.04. The van der Waals surface area contributed by atoms with Crippen LogP contribution < -0.4 is 0 Å². The lowest BCUT2D eigenvalue weighted by atomic mass is 9.47. The summed E-state index contributed by atoms with van der Waals surface area (Å²) in [7, 11) is 1.40. The van der Waals surface area contributed by atoms with Gasteiger partial charge < -0.3 is 9.47 Å². The quantitative estimate of drug-likeness (QED) is 0.306. The molecule has 4 aliphatic rings. The van der Waals surface area contributed by atoms with Gasteiger partial charge in [-0.05, 0) is 91.3 Å². The minimum absolute atomic E-state index is 0.00488. The minimum Gasteiger partial charge on any atom is -0.438 e. The third kappa shape index (κ3) is 4.27. The highest BCUT2D eigenvalue weighted by atomic mass is 16.7. The second-order valence-corrected chi connectivity index (χ2v) is 12.7. The Morgan fingerprint density at radius 3 is 2.56 bits per heavy atom. The van der Waals surface area contributed by atoms with E-state index in [0.717, 1.165) is 54.8 Å². The van der Waals surface area contributed by atoms with E-state index in [1.807, 2.05) is 0 Å². The molecule has 0 aromatic carbocycles. The fourth-order valence-electron chi connectivity index (χ4n) is 8.94. The van der Waals surface area contributed by atoms with Crippen LogP contribution >= 0.6 is 0 Å². The van der Waals surface area contributed by atoms with Crippen molar-refractivity contribution in [3.05, 3.63) is 11.6 Å². The fraction of sp³-hybridized carbons (Fsp3) is 0.897. The fourth-order valence-corrected chi connectivity index (χ4v) is 8.94. The van der Waals surface area contributed by atoms with Crippen molar-refractivity contribution >= 4 is 6.16 Å². The molecule has 0 radical (unpaired) electrons. The Hall–Kier alpha value is -0.990. The van der Waals surface area contributed by atoms with Crippen LogP contribution in [0.2, 0.25) is 0 Å². The molecule has 0 aromatic heterocycles. The van der Waals surface area contributed by atoms with Gasteiger partial charge in [-0.25, -0.2) is 4.79 Å². The lowest BCUT2D eigenvalue weighted by Gasteiger charge is -2.58. The molecule has 4 rings (SSSR count). The minimum atomic E-state index is -0.527. The first-order valence-electron chi connectivity index (χ1n) is 13.6. The summed E-state index contributed by atoms with van der Waals surface area (Å²) in [5.74, 6) is 5.20. The summed E-state index contributed by atoms with van der Waals surface area (Å²) >= 11 is 0. The van der Waals surface area contributed by atoms with E-state index in [1.165, 1.54) is 58.5 Å². The Morgan fingerprint density at radius 1 is 1.06 bits per heavy atom. The highest BCUT2D eigenvalue weighted by molar-refractivity contribution is 5.59. The third-order valence-corrected chi connectivity index (χ3v) is 10.7. The number of hydrogen-bond donors (Lipinski definition) is 0. The maximum atomic E-state index is 11.6. The Labute approximate surface area is 197 Å². The molecule has 0 saturated heterocycles. The first-order chi connectivity index (χ1) is 15.2. The van der Waals surface area contributed by atoms with Crippen molar-refractivity contribution in [3.8, 4) is 0 Å².